The number of benzene rings is 1. The van der Waals surface area contributed by atoms with Gasteiger partial charge in [-0.15, -0.1) is 4.40 Å². The molecular weight excluding hydrogens is 406 g/mol. The second kappa shape index (κ2) is 8.61. The van der Waals surface area contributed by atoms with Crippen molar-refractivity contribution in [1.82, 2.24) is 9.80 Å². The molecule has 0 bridgehead atoms. The fourth-order valence-electron chi connectivity index (χ4n) is 3.85. The molecule has 30 heavy (non-hydrogen) atoms. The molecule has 0 radical (unpaired) electrons. The number of ether oxygens (including phenoxy) is 2. The Morgan fingerprint density at radius 2 is 2.20 bits per heavy atom. The lowest BCUT2D eigenvalue weighted by Crippen LogP contribution is -2.45. The summed E-state index contributed by atoms with van der Waals surface area (Å²) >= 11 is 0. The maximum Gasteiger partial charge on any atom is 0.258 e. The van der Waals surface area contributed by atoms with Crippen molar-refractivity contribution < 1.29 is 22.7 Å². The van der Waals surface area contributed by atoms with E-state index in [2.05, 4.69) is 4.40 Å². The van der Waals surface area contributed by atoms with Gasteiger partial charge in [-0.05, 0) is 31.1 Å². The summed E-state index contributed by atoms with van der Waals surface area (Å²) in [5.41, 5.74) is 1.14. The van der Waals surface area contributed by atoms with Crippen LogP contribution in [0.3, 0.4) is 0 Å². The first-order valence-corrected chi connectivity index (χ1v) is 11.6. The molecule has 1 fully saturated rings. The van der Waals surface area contributed by atoms with Crippen LogP contribution in [0.2, 0.25) is 0 Å². The standard InChI is InChI=1S/C21H25N3O5S/c1-28-19-9-3-2-6-16(19)14-24(15-17-7-5-12-29-17)21(25)18-8-4-10-23-11-13-30(26,27)22-20(18)23/h2-4,6,8-10,17H,5,7,11-15H2,1H3. The predicted octanol–water partition coefficient (Wildman–Crippen LogP) is 1.70. The molecule has 4 rings (SSSR count). The average Bonchev–Trinajstić information content (AvgIpc) is 3.25. The zero-order valence-corrected chi connectivity index (χ0v) is 17.7. The lowest BCUT2D eigenvalue weighted by atomic mass is 10.1. The Kier molecular flexibility index (Phi) is 5.92. The van der Waals surface area contributed by atoms with Crippen molar-refractivity contribution >= 4 is 21.8 Å². The van der Waals surface area contributed by atoms with E-state index in [1.807, 2.05) is 24.3 Å². The highest BCUT2D eigenvalue weighted by atomic mass is 32.2. The maximum atomic E-state index is 13.6. The molecule has 1 amide bonds. The van der Waals surface area contributed by atoms with Gasteiger partial charge in [0.15, 0.2) is 5.84 Å². The van der Waals surface area contributed by atoms with Crippen LogP contribution in [0.15, 0.2) is 52.6 Å². The predicted molar refractivity (Wildman–Crippen MR) is 113 cm³/mol. The summed E-state index contributed by atoms with van der Waals surface area (Å²) in [5.74, 6) is 0.537. The number of rotatable bonds is 6. The molecule has 9 heteroatoms. The number of hydrogen-bond acceptors (Lipinski definition) is 6. The summed E-state index contributed by atoms with van der Waals surface area (Å²) in [4.78, 5) is 17.0. The van der Waals surface area contributed by atoms with Crippen LogP contribution in [0.4, 0.5) is 0 Å². The molecule has 1 unspecified atom stereocenters. The lowest BCUT2D eigenvalue weighted by Gasteiger charge is -2.32. The number of methoxy groups -OCH3 is 1. The topological polar surface area (TPSA) is 88.5 Å². The highest BCUT2D eigenvalue weighted by Gasteiger charge is 2.33. The normalized spacial score (nSPS) is 22.2. The van der Waals surface area contributed by atoms with Gasteiger partial charge in [0.25, 0.3) is 15.9 Å². The van der Waals surface area contributed by atoms with Crippen LogP contribution in [0.5, 0.6) is 5.75 Å². The minimum absolute atomic E-state index is 0.0449. The number of para-hydroxylation sites is 1. The highest BCUT2D eigenvalue weighted by molar-refractivity contribution is 7.90. The van der Waals surface area contributed by atoms with E-state index in [-0.39, 0.29) is 35.7 Å². The molecule has 1 aromatic carbocycles. The number of fused-ring (bicyclic) bond motifs is 1. The molecule has 0 saturated carbocycles. The molecule has 1 aromatic rings. The molecule has 0 aromatic heterocycles. The summed E-state index contributed by atoms with van der Waals surface area (Å²) in [6.07, 6.45) is 6.92. The number of sulfonamides is 1. The van der Waals surface area contributed by atoms with Crippen molar-refractivity contribution in [2.24, 2.45) is 4.40 Å². The van der Waals surface area contributed by atoms with E-state index in [0.717, 1.165) is 18.4 Å². The van der Waals surface area contributed by atoms with Crippen LogP contribution in [-0.4, -0.2) is 68.6 Å². The molecule has 3 aliphatic rings. The molecular formula is C21H25N3O5S. The zero-order valence-electron chi connectivity index (χ0n) is 16.9. The molecule has 0 aliphatic carbocycles. The molecule has 0 N–H and O–H groups in total. The van der Waals surface area contributed by atoms with Gasteiger partial charge in [0.2, 0.25) is 0 Å². The minimum Gasteiger partial charge on any atom is -0.496 e. The fourth-order valence-corrected chi connectivity index (χ4v) is 4.83. The Morgan fingerprint density at radius 3 is 2.97 bits per heavy atom. The van der Waals surface area contributed by atoms with Crippen molar-refractivity contribution in [2.75, 3.05) is 32.6 Å². The number of carbonyl (C=O) groups excluding carboxylic acids is 1. The number of nitrogens with zero attached hydrogens (tertiary/aromatic N) is 3. The van der Waals surface area contributed by atoms with Crippen LogP contribution in [0, 0.1) is 0 Å². The maximum absolute atomic E-state index is 13.6. The van der Waals surface area contributed by atoms with Crippen LogP contribution < -0.4 is 4.74 Å². The Hall–Kier alpha value is -2.65. The number of amides is 1. The Labute approximate surface area is 176 Å². The highest BCUT2D eigenvalue weighted by Crippen LogP contribution is 2.25. The van der Waals surface area contributed by atoms with Gasteiger partial charge >= 0.3 is 0 Å². The van der Waals surface area contributed by atoms with Crippen molar-refractivity contribution in [3.63, 3.8) is 0 Å². The molecule has 160 valence electrons. The summed E-state index contributed by atoms with van der Waals surface area (Å²) < 4.78 is 39.2. The van der Waals surface area contributed by atoms with Crippen LogP contribution in [-0.2, 0) is 26.1 Å². The third kappa shape index (κ3) is 4.41. The summed E-state index contributed by atoms with van der Waals surface area (Å²) in [5, 5.41) is 0. The molecule has 1 saturated heterocycles. The monoisotopic (exact) mass is 431 g/mol. The number of amidine groups is 1. The van der Waals surface area contributed by atoms with Crippen LogP contribution in [0.25, 0.3) is 0 Å². The SMILES string of the molecule is COc1ccccc1CN(CC1CCCO1)C(=O)C1=CC=CN2CCS(=O)(=O)N=C12. The van der Waals surface area contributed by atoms with Gasteiger partial charge in [-0.1, -0.05) is 18.2 Å². The average molecular weight is 432 g/mol. The quantitative estimate of drug-likeness (QED) is 0.681. The smallest absolute Gasteiger partial charge is 0.258 e. The van der Waals surface area contributed by atoms with E-state index in [0.29, 0.717) is 25.4 Å². The summed E-state index contributed by atoms with van der Waals surface area (Å²) in [6, 6.07) is 7.54. The first kappa shape index (κ1) is 20.6. The van der Waals surface area contributed by atoms with Crippen molar-refractivity contribution in [3.8, 4) is 5.75 Å². The number of carbonyl (C=O) groups is 1. The van der Waals surface area contributed by atoms with Gasteiger partial charge in [0.1, 0.15) is 5.75 Å². The van der Waals surface area contributed by atoms with Gasteiger partial charge in [0, 0.05) is 38.0 Å². The van der Waals surface area contributed by atoms with E-state index in [9.17, 15) is 13.2 Å². The van der Waals surface area contributed by atoms with E-state index in [4.69, 9.17) is 9.47 Å². The van der Waals surface area contributed by atoms with Crippen LogP contribution >= 0.6 is 0 Å². The third-order valence-corrected chi connectivity index (χ3v) is 6.53. The Balaban J connectivity index is 1.65. The molecule has 1 atom stereocenters. The molecule has 3 heterocycles. The summed E-state index contributed by atoms with van der Waals surface area (Å²) in [6.45, 7) is 1.70. The van der Waals surface area contributed by atoms with E-state index < -0.39 is 10.0 Å². The molecule has 3 aliphatic heterocycles. The summed E-state index contributed by atoms with van der Waals surface area (Å²) in [7, 11) is -1.98. The van der Waals surface area contributed by atoms with Gasteiger partial charge in [-0.2, -0.15) is 0 Å². The van der Waals surface area contributed by atoms with Crippen LogP contribution in [0.1, 0.15) is 18.4 Å². The Morgan fingerprint density at radius 1 is 1.37 bits per heavy atom. The minimum atomic E-state index is -3.58. The first-order chi connectivity index (χ1) is 14.5. The lowest BCUT2D eigenvalue weighted by molar-refractivity contribution is -0.128. The third-order valence-electron chi connectivity index (χ3n) is 5.38. The Bertz CT molecular complexity index is 1010. The van der Waals surface area contributed by atoms with Gasteiger partial charge < -0.3 is 19.3 Å². The number of hydrogen-bond donors (Lipinski definition) is 0. The fraction of sp³-hybridized carbons (Fsp3) is 0.429. The molecule has 0 spiro atoms. The van der Waals surface area contributed by atoms with E-state index in [1.54, 1.807) is 35.3 Å². The van der Waals surface area contributed by atoms with Crippen molar-refractivity contribution in [2.45, 2.75) is 25.5 Å². The van der Waals surface area contributed by atoms with Gasteiger partial charge in [-0.3, -0.25) is 4.79 Å². The molecule has 8 nitrogen and oxygen atoms in total. The first-order valence-electron chi connectivity index (χ1n) is 9.98. The number of allylic oxidation sites excluding steroid dienone is 2. The zero-order chi connectivity index (χ0) is 21.1. The second-order valence-electron chi connectivity index (χ2n) is 7.45. The van der Waals surface area contributed by atoms with Crippen molar-refractivity contribution in [3.05, 3.63) is 53.8 Å². The van der Waals surface area contributed by atoms with Crippen molar-refractivity contribution in [1.29, 1.82) is 0 Å². The van der Waals surface area contributed by atoms with Gasteiger partial charge in [-0.25, -0.2) is 8.42 Å². The van der Waals surface area contributed by atoms with E-state index >= 15 is 0 Å². The largest absolute Gasteiger partial charge is 0.496 e. The van der Waals surface area contributed by atoms with Gasteiger partial charge in [0.05, 0.1) is 24.5 Å². The second-order valence-corrected chi connectivity index (χ2v) is 9.20. The van der Waals surface area contributed by atoms with E-state index in [1.165, 1.54) is 0 Å².